The molecule has 3 unspecified atom stereocenters. The number of aromatic nitrogens is 1. The summed E-state index contributed by atoms with van der Waals surface area (Å²) in [7, 11) is 0. The Morgan fingerprint density at radius 1 is 1.12 bits per heavy atom. The lowest BCUT2D eigenvalue weighted by atomic mass is 9.91. The Labute approximate surface area is 148 Å². The van der Waals surface area contributed by atoms with Crippen LogP contribution in [0.5, 0.6) is 0 Å². The normalized spacial score (nSPS) is 21.5. The lowest BCUT2D eigenvalue weighted by Gasteiger charge is -2.31. The van der Waals surface area contributed by atoms with Crippen molar-refractivity contribution in [2.24, 2.45) is 0 Å². The zero-order chi connectivity index (χ0) is 17.6. The molecule has 0 radical (unpaired) electrons. The summed E-state index contributed by atoms with van der Waals surface area (Å²) in [6.07, 6.45) is 7.13. The Bertz CT molecular complexity index is 688. The van der Waals surface area contributed by atoms with Crippen molar-refractivity contribution >= 4 is 11.6 Å². The third-order valence-electron chi connectivity index (χ3n) is 4.80. The summed E-state index contributed by atoms with van der Waals surface area (Å²) in [6, 6.07) is 11.5. The van der Waals surface area contributed by atoms with Crippen LogP contribution in [-0.2, 0) is 0 Å². The molecule has 0 spiro atoms. The van der Waals surface area contributed by atoms with Crippen LogP contribution in [-0.4, -0.2) is 28.1 Å². The largest absolute Gasteiger partial charge is 0.392 e. The van der Waals surface area contributed by atoms with Crippen molar-refractivity contribution in [2.75, 3.05) is 5.32 Å². The highest BCUT2D eigenvalue weighted by atomic mass is 16.3. The van der Waals surface area contributed by atoms with Gasteiger partial charge in [0.15, 0.2) is 0 Å². The predicted octanol–water partition coefficient (Wildman–Crippen LogP) is 3.29. The number of pyridine rings is 1. The average molecular weight is 339 g/mol. The SMILES string of the molecule is CC(NC1CCCCC1O)c1ccc(NC(=O)c2ccncc2)cc1. The molecule has 3 rings (SSSR count). The maximum atomic E-state index is 12.2. The van der Waals surface area contributed by atoms with E-state index in [4.69, 9.17) is 0 Å². The fourth-order valence-electron chi connectivity index (χ4n) is 3.28. The topological polar surface area (TPSA) is 74.2 Å². The first-order valence-electron chi connectivity index (χ1n) is 8.89. The van der Waals surface area contributed by atoms with Gasteiger partial charge in [-0.1, -0.05) is 25.0 Å². The van der Waals surface area contributed by atoms with Crippen LogP contribution in [0.15, 0.2) is 48.8 Å². The molecule has 5 nitrogen and oxygen atoms in total. The Morgan fingerprint density at radius 2 is 1.80 bits per heavy atom. The van der Waals surface area contributed by atoms with E-state index < -0.39 is 0 Å². The number of carbonyl (C=O) groups excluding carboxylic acids is 1. The van der Waals surface area contributed by atoms with Crippen LogP contribution >= 0.6 is 0 Å². The van der Waals surface area contributed by atoms with Crippen molar-refractivity contribution in [3.05, 3.63) is 59.9 Å². The van der Waals surface area contributed by atoms with E-state index in [9.17, 15) is 9.90 Å². The fourth-order valence-corrected chi connectivity index (χ4v) is 3.28. The first-order valence-corrected chi connectivity index (χ1v) is 8.89. The molecule has 1 heterocycles. The van der Waals surface area contributed by atoms with E-state index >= 15 is 0 Å². The van der Waals surface area contributed by atoms with Gasteiger partial charge in [-0.3, -0.25) is 9.78 Å². The maximum Gasteiger partial charge on any atom is 0.255 e. The number of nitrogens with zero attached hydrogens (tertiary/aromatic N) is 1. The molecule has 1 saturated carbocycles. The number of benzene rings is 1. The summed E-state index contributed by atoms with van der Waals surface area (Å²) in [5.74, 6) is -0.147. The third-order valence-corrected chi connectivity index (χ3v) is 4.80. The second kappa shape index (κ2) is 8.23. The van der Waals surface area contributed by atoms with Crippen LogP contribution in [0, 0.1) is 0 Å². The van der Waals surface area contributed by atoms with Crippen molar-refractivity contribution in [2.45, 2.75) is 50.8 Å². The molecule has 3 N–H and O–H groups in total. The molecule has 1 amide bonds. The van der Waals surface area contributed by atoms with E-state index in [0.717, 1.165) is 30.5 Å². The fraction of sp³-hybridized carbons (Fsp3) is 0.400. The minimum Gasteiger partial charge on any atom is -0.392 e. The van der Waals surface area contributed by atoms with Crippen LogP contribution in [0.1, 0.15) is 54.6 Å². The third kappa shape index (κ3) is 4.65. The summed E-state index contributed by atoms with van der Waals surface area (Å²) in [4.78, 5) is 16.1. The van der Waals surface area contributed by atoms with Gasteiger partial charge >= 0.3 is 0 Å². The van der Waals surface area contributed by atoms with Gasteiger partial charge < -0.3 is 15.7 Å². The zero-order valence-electron chi connectivity index (χ0n) is 14.5. The molecule has 1 fully saturated rings. The van der Waals surface area contributed by atoms with Crippen LogP contribution in [0.3, 0.4) is 0 Å². The highest BCUT2D eigenvalue weighted by Crippen LogP contribution is 2.23. The minimum atomic E-state index is -0.255. The molecule has 1 aromatic carbocycles. The molecule has 1 aromatic heterocycles. The Kier molecular flexibility index (Phi) is 5.79. The van der Waals surface area contributed by atoms with Crippen LogP contribution in [0.2, 0.25) is 0 Å². The molecular formula is C20H25N3O2. The Morgan fingerprint density at radius 3 is 2.48 bits per heavy atom. The second-order valence-corrected chi connectivity index (χ2v) is 6.66. The van der Waals surface area contributed by atoms with Gasteiger partial charge in [0.2, 0.25) is 0 Å². The molecule has 132 valence electrons. The summed E-state index contributed by atoms with van der Waals surface area (Å²) in [6.45, 7) is 2.10. The van der Waals surface area contributed by atoms with Crippen LogP contribution in [0.4, 0.5) is 5.69 Å². The molecule has 0 bridgehead atoms. The lowest BCUT2D eigenvalue weighted by Crippen LogP contribution is -2.43. The lowest BCUT2D eigenvalue weighted by molar-refractivity contribution is 0.0859. The molecule has 25 heavy (non-hydrogen) atoms. The molecule has 1 aliphatic rings. The van der Waals surface area contributed by atoms with Crippen molar-refractivity contribution in [3.63, 3.8) is 0 Å². The number of hydrogen-bond acceptors (Lipinski definition) is 4. The first-order chi connectivity index (χ1) is 12.1. The van der Waals surface area contributed by atoms with Crippen molar-refractivity contribution in [1.29, 1.82) is 0 Å². The quantitative estimate of drug-likeness (QED) is 0.781. The monoisotopic (exact) mass is 339 g/mol. The average Bonchev–Trinajstić information content (AvgIpc) is 2.65. The summed E-state index contributed by atoms with van der Waals surface area (Å²) in [5.41, 5.74) is 2.48. The maximum absolute atomic E-state index is 12.2. The number of aliphatic hydroxyl groups is 1. The Hall–Kier alpha value is -2.24. The highest BCUT2D eigenvalue weighted by molar-refractivity contribution is 6.04. The molecule has 0 aliphatic heterocycles. The molecular weight excluding hydrogens is 314 g/mol. The van der Waals surface area contributed by atoms with Crippen molar-refractivity contribution in [3.8, 4) is 0 Å². The van der Waals surface area contributed by atoms with E-state index in [-0.39, 0.29) is 24.1 Å². The minimum absolute atomic E-state index is 0.147. The number of carbonyl (C=O) groups is 1. The number of hydrogen-bond donors (Lipinski definition) is 3. The van der Waals surface area contributed by atoms with Gasteiger partial charge in [-0.05, 0) is 49.6 Å². The van der Waals surface area contributed by atoms with Gasteiger partial charge in [0.05, 0.1) is 6.10 Å². The molecule has 0 saturated heterocycles. The van der Waals surface area contributed by atoms with Gasteiger partial charge in [-0.25, -0.2) is 0 Å². The summed E-state index contributed by atoms with van der Waals surface area (Å²) in [5, 5.41) is 16.5. The smallest absolute Gasteiger partial charge is 0.255 e. The zero-order valence-corrected chi connectivity index (χ0v) is 14.5. The van der Waals surface area contributed by atoms with Crippen LogP contribution in [0.25, 0.3) is 0 Å². The summed E-state index contributed by atoms with van der Waals surface area (Å²) >= 11 is 0. The summed E-state index contributed by atoms with van der Waals surface area (Å²) < 4.78 is 0. The highest BCUT2D eigenvalue weighted by Gasteiger charge is 2.24. The van der Waals surface area contributed by atoms with E-state index in [1.165, 1.54) is 6.42 Å². The van der Waals surface area contributed by atoms with E-state index in [1.807, 2.05) is 24.3 Å². The second-order valence-electron chi connectivity index (χ2n) is 6.66. The molecule has 5 heteroatoms. The number of amides is 1. The standard InChI is InChI=1S/C20H25N3O2/c1-14(22-18-4-2-3-5-19(18)24)15-6-8-17(9-7-15)23-20(25)16-10-12-21-13-11-16/h6-14,18-19,22,24H,2-5H2,1H3,(H,23,25). The van der Waals surface area contributed by atoms with Gasteiger partial charge in [-0.15, -0.1) is 0 Å². The molecule has 2 aromatic rings. The Balaban J connectivity index is 1.59. The van der Waals surface area contributed by atoms with Gasteiger partial charge in [0.1, 0.15) is 0 Å². The molecule has 1 aliphatic carbocycles. The van der Waals surface area contributed by atoms with E-state index in [2.05, 4.69) is 22.5 Å². The van der Waals surface area contributed by atoms with Crippen molar-refractivity contribution < 1.29 is 9.90 Å². The van der Waals surface area contributed by atoms with Gasteiger partial charge in [0.25, 0.3) is 5.91 Å². The van der Waals surface area contributed by atoms with E-state index in [0.29, 0.717) is 5.56 Å². The number of anilines is 1. The van der Waals surface area contributed by atoms with Gasteiger partial charge in [-0.2, -0.15) is 0 Å². The predicted molar refractivity (Wildman–Crippen MR) is 98.4 cm³/mol. The van der Waals surface area contributed by atoms with E-state index in [1.54, 1.807) is 24.5 Å². The number of aliphatic hydroxyl groups excluding tert-OH is 1. The van der Waals surface area contributed by atoms with Crippen molar-refractivity contribution in [1.82, 2.24) is 10.3 Å². The first kappa shape index (κ1) is 17.6. The van der Waals surface area contributed by atoms with Gasteiger partial charge in [0, 0.05) is 35.7 Å². The number of rotatable bonds is 5. The number of nitrogens with one attached hydrogen (secondary N) is 2. The molecule has 3 atom stereocenters. The van der Waals surface area contributed by atoms with Crippen LogP contribution < -0.4 is 10.6 Å².